The zero-order valence-electron chi connectivity index (χ0n) is 17.9. The summed E-state index contributed by atoms with van der Waals surface area (Å²) in [5.41, 5.74) is 0. The summed E-state index contributed by atoms with van der Waals surface area (Å²) in [7, 11) is 0. The van der Waals surface area contributed by atoms with Gasteiger partial charge in [-0.1, -0.05) is 39.0 Å². The van der Waals surface area contributed by atoms with Gasteiger partial charge in [0.15, 0.2) is 12.6 Å². The van der Waals surface area contributed by atoms with Gasteiger partial charge in [0.1, 0.15) is 48.8 Å². The molecule has 2 aliphatic rings. The third-order valence-electron chi connectivity index (χ3n) is 5.70. The second kappa shape index (κ2) is 13.3. The van der Waals surface area contributed by atoms with E-state index in [0.29, 0.717) is 6.61 Å². The van der Waals surface area contributed by atoms with Crippen LogP contribution in [0.1, 0.15) is 45.4 Å². The molecule has 7 N–H and O–H groups in total. The van der Waals surface area contributed by atoms with Gasteiger partial charge in [0.2, 0.25) is 0 Å². The molecule has 11 nitrogen and oxygen atoms in total. The molecule has 0 aliphatic carbocycles. The molecule has 0 aromatic heterocycles. The number of hydrogen-bond donors (Lipinski definition) is 7. The molecule has 0 unspecified atom stereocenters. The van der Waals surface area contributed by atoms with Crippen LogP contribution in [0.2, 0.25) is 0 Å². The molecule has 0 amide bonds. The van der Waals surface area contributed by atoms with Crippen LogP contribution in [0.3, 0.4) is 0 Å². The number of aliphatic hydroxyl groups excluding tert-OH is 7. The predicted octanol–water partition coefficient (Wildman–Crippen LogP) is -2.01. The Morgan fingerprint density at radius 3 is 2.03 bits per heavy atom. The first-order valence-electron chi connectivity index (χ1n) is 11.0. The Labute approximate surface area is 182 Å². The second-order valence-electron chi connectivity index (χ2n) is 8.19. The smallest absolute Gasteiger partial charge is 0.186 e. The van der Waals surface area contributed by atoms with Crippen molar-refractivity contribution in [2.24, 2.45) is 0 Å². The first-order chi connectivity index (χ1) is 14.8. The fraction of sp³-hybridized carbons (Fsp3) is 1.00. The van der Waals surface area contributed by atoms with Crippen LogP contribution < -0.4 is 0 Å². The van der Waals surface area contributed by atoms with Gasteiger partial charge in [-0.15, -0.1) is 0 Å². The van der Waals surface area contributed by atoms with Gasteiger partial charge >= 0.3 is 0 Å². The average molecular weight is 455 g/mol. The monoisotopic (exact) mass is 454 g/mol. The van der Waals surface area contributed by atoms with E-state index in [-0.39, 0.29) is 6.61 Å². The van der Waals surface area contributed by atoms with Crippen LogP contribution in [0.15, 0.2) is 0 Å². The Kier molecular flexibility index (Phi) is 11.5. The first kappa shape index (κ1) is 26.8. The molecule has 0 aromatic carbocycles. The summed E-state index contributed by atoms with van der Waals surface area (Å²) in [5.74, 6) is 0. The molecule has 0 spiro atoms. The molecule has 2 rings (SSSR count). The van der Waals surface area contributed by atoms with Crippen molar-refractivity contribution in [3.63, 3.8) is 0 Å². The van der Waals surface area contributed by atoms with Gasteiger partial charge in [0.05, 0.1) is 13.2 Å². The molecular weight excluding hydrogens is 416 g/mol. The molecule has 2 aliphatic heterocycles. The highest BCUT2D eigenvalue weighted by Gasteiger charge is 2.48. The normalized spacial score (nSPS) is 39.7. The van der Waals surface area contributed by atoms with E-state index < -0.39 is 68.0 Å². The van der Waals surface area contributed by atoms with E-state index in [2.05, 4.69) is 6.92 Å². The van der Waals surface area contributed by atoms with Gasteiger partial charge in [-0.3, -0.25) is 0 Å². The van der Waals surface area contributed by atoms with Crippen molar-refractivity contribution in [1.82, 2.24) is 0 Å². The number of ether oxygens (including phenoxy) is 4. The maximum absolute atomic E-state index is 10.2. The molecule has 0 radical (unpaired) electrons. The molecule has 0 aromatic rings. The zero-order valence-corrected chi connectivity index (χ0v) is 17.9. The quantitative estimate of drug-likeness (QED) is 0.153. The molecule has 0 saturated carbocycles. The Morgan fingerprint density at radius 1 is 0.742 bits per heavy atom. The summed E-state index contributed by atoms with van der Waals surface area (Å²) in [6.07, 6.45) is -7.35. The van der Waals surface area contributed by atoms with E-state index in [1.54, 1.807) is 0 Å². The van der Waals surface area contributed by atoms with E-state index in [0.717, 1.165) is 32.1 Å². The van der Waals surface area contributed by atoms with Crippen molar-refractivity contribution in [1.29, 1.82) is 0 Å². The first-order valence-corrected chi connectivity index (χ1v) is 11.0. The molecular formula is C20H38O11. The van der Waals surface area contributed by atoms with Crippen molar-refractivity contribution in [3.8, 4) is 0 Å². The largest absolute Gasteiger partial charge is 0.394 e. The maximum atomic E-state index is 10.2. The summed E-state index contributed by atoms with van der Waals surface area (Å²) < 4.78 is 21.7. The number of hydrogen-bond acceptors (Lipinski definition) is 11. The molecule has 2 fully saturated rings. The summed E-state index contributed by atoms with van der Waals surface area (Å²) in [6.45, 7) is 1.44. The van der Waals surface area contributed by atoms with Crippen LogP contribution in [0, 0.1) is 0 Å². The number of aliphatic hydroxyl groups is 7. The Hall–Kier alpha value is -0.440. The Bertz CT molecular complexity index is 496. The minimum atomic E-state index is -1.53. The van der Waals surface area contributed by atoms with Crippen molar-refractivity contribution >= 4 is 0 Å². The SMILES string of the molecule is CCCCCCCCO[C@H]1O[C@H](CO[C@@H]2O[C@@H]([C@H](O)CO)[C@H](O)[C@H]2O)[C@@H](O)[C@H](O)[C@@H]1O. The lowest BCUT2D eigenvalue weighted by Gasteiger charge is -2.40. The van der Waals surface area contributed by atoms with Gasteiger partial charge in [-0.2, -0.15) is 0 Å². The predicted molar refractivity (Wildman–Crippen MR) is 106 cm³/mol. The van der Waals surface area contributed by atoms with Gasteiger partial charge in [-0.05, 0) is 6.42 Å². The molecule has 2 saturated heterocycles. The number of rotatable bonds is 13. The van der Waals surface area contributed by atoms with Crippen LogP contribution in [-0.4, -0.2) is 117 Å². The fourth-order valence-corrected chi connectivity index (χ4v) is 3.69. The molecule has 2 heterocycles. The molecule has 184 valence electrons. The lowest BCUT2D eigenvalue weighted by Crippen LogP contribution is -2.59. The van der Waals surface area contributed by atoms with Crippen LogP contribution in [-0.2, 0) is 18.9 Å². The molecule has 10 atom stereocenters. The highest BCUT2D eigenvalue weighted by atomic mass is 16.7. The molecule has 11 heteroatoms. The van der Waals surface area contributed by atoms with Crippen molar-refractivity contribution in [3.05, 3.63) is 0 Å². The third kappa shape index (κ3) is 7.27. The minimum Gasteiger partial charge on any atom is -0.394 e. The zero-order chi connectivity index (χ0) is 23.0. The third-order valence-corrected chi connectivity index (χ3v) is 5.70. The van der Waals surface area contributed by atoms with Crippen LogP contribution >= 0.6 is 0 Å². The van der Waals surface area contributed by atoms with Crippen molar-refractivity contribution < 1.29 is 54.7 Å². The van der Waals surface area contributed by atoms with E-state index in [1.807, 2.05) is 0 Å². The summed E-state index contributed by atoms with van der Waals surface area (Å²) in [6, 6.07) is 0. The standard InChI is InChI=1S/C20H38O11/c1-2-3-4-5-6-7-8-28-19-16(26)14(24)13(23)12(30-19)10-29-20-17(27)15(25)18(31-20)11(22)9-21/h11-27H,2-10H2,1H3/t11-,12-,13-,14+,15-,16+,17-,18+,19+,20-/m1/s1. The van der Waals surface area contributed by atoms with Gasteiger partial charge in [0, 0.05) is 6.61 Å². The maximum Gasteiger partial charge on any atom is 0.186 e. The lowest BCUT2D eigenvalue weighted by atomic mass is 9.99. The number of unbranched alkanes of at least 4 members (excludes halogenated alkanes) is 5. The Morgan fingerprint density at radius 2 is 1.35 bits per heavy atom. The lowest BCUT2D eigenvalue weighted by molar-refractivity contribution is -0.310. The van der Waals surface area contributed by atoms with Crippen LogP contribution in [0.4, 0.5) is 0 Å². The van der Waals surface area contributed by atoms with Gasteiger partial charge in [-0.25, -0.2) is 0 Å². The summed E-state index contributed by atoms with van der Waals surface area (Å²) in [4.78, 5) is 0. The van der Waals surface area contributed by atoms with E-state index >= 15 is 0 Å². The van der Waals surface area contributed by atoms with E-state index in [1.165, 1.54) is 6.42 Å². The second-order valence-corrected chi connectivity index (χ2v) is 8.19. The highest BCUT2D eigenvalue weighted by Crippen LogP contribution is 2.27. The van der Waals surface area contributed by atoms with Crippen molar-refractivity contribution in [2.45, 2.75) is 107 Å². The van der Waals surface area contributed by atoms with E-state index in [9.17, 15) is 30.6 Å². The average Bonchev–Trinajstić information content (AvgIpc) is 3.05. The van der Waals surface area contributed by atoms with Crippen molar-refractivity contribution in [2.75, 3.05) is 19.8 Å². The summed E-state index contributed by atoms with van der Waals surface area (Å²) >= 11 is 0. The molecule has 0 bridgehead atoms. The van der Waals surface area contributed by atoms with Crippen LogP contribution in [0.5, 0.6) is 0 Å². The Balaban J connectivity index is 1.81. The highest BCUT2D eigenvalue weighted by molar-refractivity contribution is 4.92. The van der Waals surface area contributed by atoms with Gasteiger partial charge in [0.25, 0.3) is 0 Å². The van der Waals surface area contributed by atoms with Gasteiger partial charge < -0.3 is 54.7 Å². The topological polar surface area (TPSA) is 179 Å². The summed E-state index contributed by atoms with van der Waals surface area (Å²) in [5, 5.41) is 69.0. The molecule has 31 heavy (non-hydrogen) atoms. The minimum absolute atomic E-state index is 0.321. The van der Waals surface area contributed by atoms with Crippen LogP contribution in [0.25, 0.3) is 0 Å². The van der Waals surface area contributed by atoms with E-state index in [4.69, 9.17) is 24.1 Å². The fourth-order valence-electron chi connectivity index (χ4n) is 3.69.